The van der Waals surface area contributed by atoms with E-state index in [-0.39, 0.29) is 5.91 Å². The maximum atomic E-state index is 11.6. The van der Waals surface area contributed by atoms with Gasteiger partial charge in [0.15, 0.2) is 0 Å². The summed E-state index contributed by atoms with van der Waals surface area (Å²) in [6, 6.07) is 8.13. The van der Waals surface area contributed by atoms with E-state index in [9.17, 15) is 4.79 Å². The molecule has 0 aliphatic rings. The van der Waals surface area contributed by atoms with Gasteiger partial charge in [0.05, 0.1) is 6.42 Å². The third-order valence-corrected chi connectivity index (χ3v) is 3.79. The van der Waals surface area contributed by atoms with E-state index in [1.54, 1.807) is 19.0 Å². The first kappa shape index (κ1) is 15.9. The highest BCUT2D eigenvalue weighted by Crippen LogP contribution is 2.11. The molecule has 1 aromatic carbocycles. The average Bonchev–Trinajstić information content (AvgIpc) is 2.40. The second kappa shape index (κ2) is 8.86. The number of anilines is 1. The van der Waals surface area contributed by atoms with E-state index >= 15 is 0 Å². The molecule has 106 valence electrons. The van der Waals surface area contributed by atoms with Gasteiger partial charge in [-0.15, -0.1) is 0 Å². The Morgan fingerprint density at radius 1 is 1.26 bits per heavy atom. The van der Waals surface area contributed by atoms with Crippen molar-refractivity contribution in [2.75, 3.05) is 37.5 Å². The molecular weight excluding hydrogens is 256 g/mol. The minimum absolute atomic E-state index is 0.136. The monoisotopic (exact) mass is 280 g/mol. The largest absolute Gasteiger partial charge is 0.385 e. The van der Waals surface area contributed by atoms with Crippen LogP contribution >= 0.6 is 11.8 Å². The summed E-state index contributed by atoms with van der Waals surface area (Å²) in [6.45, 7) is 3.19. The van der Waals surface area contributed by atoms with Crippen molar-refractivity contribution in [3.05, 3.63) is 29.8 Å². The Labute approximate surface area is 120 Å². The number of hydrogen-bond donors (Lipinski definition) is 1. The lowest BCUT2D eigenvalue weighted by atomic mass is 10.1. The average molecular weight is 280 g/mol. The van der Waals surface area contributed by atoms with Crippen LogP contribution < -0.4 is 5.32 Å². The Morgan fingerprint density at radius 2 is 1.95 bits per heavy atom. The fourth-order valence-electron chi connectivity index (χ4n) is 1.62. The van der Waals surface area contributed by atoms with Gasteiger partial charge in [-0.1, -0.05) is 19.1 Å². The summed E-state index contributed by atoms with van der Waals surface area (Å²) in [6.07, 6.45) is 1.65. The van der Waals surface area contributed by atoms with E-state index in [0.717, 1.165) is 17.8 Å². The number of likely N-dealkylation sites (N-methyl/N-ethyl adjacent to an activating group) is 1. The van der Waals surface area contributed by atoms with Crippen LogP contribution in [-0.4, -0.2) is 43.0 Å². The molecule has 0 aromatic heterocycles. The molecule has 1 amide bonds. The number of rotatable bonds is 8. The third kappa shape index (κ3) is 6.53. The van der Waals surface area contributed by atoms with Crippen LogP contribution in [0.1, 0.15) is 18.9 Å². The number of hydrogen-bond acceptors (Lipinski definition) is 3. The highest BCUT2D eigenvalue weighted by atomic mass is 32.2. The van der Waals surface area contributed by atoms with Gasteiger partial charge in [-0.3, -0.25) is 4.79 Å². The van der Waals surface area contributed by atoms with Crippen molar-refractivity contribution in [3.8, 4) is 0 Å². The first-order chi connectivity index (χ1) is 9.13. The SMILES string of the molecule is CCSCCCNc1ccc(CC(=O)N(C)C)cc1. The minimum atomic E-state index is 0.136. The number of nitrogens with one attached hydrogen (secondary N) is 1. The van der Waals surface area contributed by atoms with Gasteiger partial charge in [-0.25, -0.2) is 0 Å². The normalized spacial score (nSPS) is 10.3. The van der Waals surface area contributed by atoms with Gasteiger partial charge in [0.25, 0.3) is 0 Å². The van der Waals surface area contributed by atoms with Crippen molar-refractivity contribution in [1.82, 2.24) is 4.90 Å². The molecule has 0 aliphatic carbocycles. The molecule has 1 aromatic rings. The molecule has 0 radical (unpaired) electrons. The quantitative estimate of drug-likeness (QED) is 0.743. The van der Waals surface area contributed by atoms with Crippen LogP contribution in [0.3, 0.4) is 0 Å². The van der Waals surface area contributed by atoms with Crippen molar-refractivity contribution >= 4 is 23.4 Å². The summed E-state index contributed by atoms with van der Waals surface area (Å²) in [5, 5.41) is 3.40. The van der Waals surface area contributed by atoms with Gasteiger partial charge >= 0.3 is 0 Å². The molecule has 0 aliphatic heterocycles. The second-order valence-corrected chi connectivity index (χ2v) is 6.03. The lowest BCUT2D eigenvalue weighted by Crippen LogP contribution is -2.23. The zero-order valence-electron chi connectivity index (χ0n) is 12.1. The van der Waals surface area contributed by atoms with E-state index in [0.29, 0.717) is 6.42 Å². The van der Waals surface area contributed by atoms with Crippen LogP contribution in [0.25, 0.3) is 0 Å². The van der Waals surface area contributed by atoms with Gasteiger partial charge in [-0.05, 0) is 35.6 Å². The third-order valence-electron chi connectivity index (χ3n) is 2.81. The first-order valence-corrected chi connectivity index (χ1v) is 7.89. The summed E-state index contributed by atoms with van der Waals surface area (Å²) < 4.78 is 0. The zero-order chi connectivity index (χ0) is 14.1. The van der Waals surface area contributed by atoms with Crippen molar-refractivity contribution in [2.24, 2.45) is 0 Å². The summed E-state index contributed by atoms with van der Waals surface area (Å²) >= 11 is 1.97. The van der Waals surface area contributed by atoms with E-state index in [4.69, 9.17) is 0 Å². The van der Waals surface area contributed by atoms with Crippen molar-refractivity contribution in [3.63, 3.8) is 0 Å². The predicted octanol–water partition coefficient (Wildman–Crippen LogP) is 2.87. The number of carbonyl (C=O) groups is 1. The first-order valence-electron chi connectivity index (χ1n) is 6.74. The van der Waals surface area contributed by atoms with Crippen LogP contribution in [0.15, 0.2) is 24.3 Å². The molecule has 3 nitrogen and oxygen atoms in total. The fraction of sp³-hybridized carbons (Fsp3) is 0.533. The number of thioether (sulfide) groups is 1. The molecule has 0 spiro atoms. The lowest BCUT2D eigenvalue weighted by Gasteiger charge is -2.11. The molecule has 0 bridgehead atoms. The number of amides is 1. The van der Waals surface area contributed by atoms with Gasteiger partial charge in [-0.2, -0.15) is 11.8 Å². The molecule has 0 fully saturated rings. The maximum Gasteiger partial charge on any atom is 0.226 e. The van der Waals surface area contributed by atoms with Crippen molar-refractivity contribution < 1.29 is 4.79 Å². The molecule has 0 saturated carbocycles. The van der Waals surface area contributed by atoms with Gasteiger partial charge in [0, 0.05) is 26.3 Å². The van der Waals surface area contributed by atoms with Crippen LogP contribution in [0.4, 0.5) is 5.69 Å². The molecule has 4 heteroatoms. The maximum absolute atomic E-state index is 11.6. The van der Waals surface area contributed by atoms with Gasteiger partial charge in [0.1, 0.15) is 0 Å². The van der Waals surface area contributed by atoms with Gasteiger partial charge < -0.3 is 10.2 Å². The Balaban J connectivity index is 2.33. The number of nitrogens with zero attached hydrogens (tertiary/aromatic N) is 1. The summed E-state index contributed by atoms with van der Waals surface area (Å²) in [4.78, 5) is 13.2. The van der Waals surface area contributed by atoms with Gasteiger partial charge in [0.2, 0.25) is 5.91 Å². The summed E-state index contributed by atoms with van der Waals surface area (Å²) in [7, 11) is 3.57. The standard InChI is InChI=1S/C15H24N2OS/c1-4-19-11-5-10-16-14-8-6-13(7-9-14)12-15(18)17(2)3/h6-9,16H,4-5,10-12H2,1-3H3. The molecular formula is C15H24N2OS. The highest BCUT2D eigenvalue weighted by Gasteiger charge is 2.04. The zero-order valence-corrected chi connectivity index (χ0v) is 12.9. The molecule has 19 heavy (non-hydrogen) atoms. The molecule has 0 unspecified atom stereocenters. The Bertz CT molecular complexity index is 376. The topological polar surface area (TPSA) is 32.3 Å². The molecule has 0 saturated heterocycles. The van der Waals surface area contributed by atoms with E-state index in [1.807, 2.05) is 36.0 Å². The molecule has 0 heterocycles. The van der Waals surface area contributed by atoms with Crippen LogP contribution in [0.5, 0.6) is 0 Å². The molecule has 1 rings (SSSR count). The second-order valence-electron chi connectivity index (χ2n) is 4.64. The lowest BCUT2D eigenvalue weighted by molar-refractivity contribution is -0.127. The molecule has 1 N–H and O–H groups in total. The number of carbonyl (C=O) groups excluding carboxylic acids is 1. The smallest absolute Gasteiger partial charge is 0.226 e. The fourth-order valence-corrected chi connectivity index (χ4v) is 2.26. The van der Waals surface area contributed by atoms with Crippen LogP contribution in [0.2, 0.25) is 0 Å². The Morgan fingerprint density at radius 3 is 2.53 bits per heavy atom. The van der Waals surface area contributed by atoms with E-state index in [2.05, 4.69) is 12.2 Å². The Hall–Kier alpha value is -1.16. The number of benzene rings is 1. The van der Waals surface area contributed by atoms with Crippen LogP contribution in [-0.2, 0) is 11.2 Å². The molecule has 0 atom stereocenters. The minimum Gasteiger partial charge on any atom is -0.385 e. The predicted molar refractivity (Wildman–Crippen MR) is 84.9 cm³/mol. The Kier molecular flexibility index (Phi) is 7.41. The van der Waals surface area contributed by atoms with E-state index in [1.165, 1.54) is 17.9 Å². The summed E-state index contributed by atoms with van der Waals surface area (Å²) in [5.74, 6) is 2.53. The van der Waals surface area contributed by atoms with E-state index < -0.39 is 0 Å². The highest BCUT2D eigenvalue weighted by molar-refractivity contribution is 7.99. The summed E-state index contributed by atoms with van der Waals surface area (Å²) in [5.41, 5.74) is 2.19. The van der Waals surface area contributed by atoms with Crippen molar-refractivity contribution in [1.29, 1.82) is 0 Å². The van der Waals surface area contributed by atoms with Crippen LogP contribution in [0, 0.1) is 0 Å². The van der Waals surface area contributed by atoms with Crippen molar-refractivity contribution in [2.45, 2.75) is 19.8 Å².